The lowest BCUT2D eigenvalue weighted by molar-refractivity contribution is 0.668. The quantitative estimate of drug-likeness (QED) is 0.175. The van der Waals surface area contributed by atoms with E-state index in [4.69, 9.17) is 23.8 Å². The molecule has 0 radical (unpaired) electrons. The Hall–Kier alpha value is -7.11. The summed E-state index contributed by atoms with van der Waals surface area (Å²) < 4.78 is 12.9. The van der Waals surface area contributed by atoms with Gasteiger partial charge in [0.05, 0.1) is 0 Å². The number of benzene rings is 8. The van der Waals surface area contributed by atoms with Gasteiger partial charge in [-0.1, -0.05) is 127 Å². The molecule has 0 saturated carbocycles. The van der Waals surface area contributed by atoms with E-state index in [0.29, 0.717) is 17.5 Å². The van der Waals surface area contributed by atoms with Crippen LogP contribution in [0.5, 0.6) is 0 Å². The fourth-order valence-corrected chi connectivity index (χ4v) is 7.56. The summed E-state index contributed by atoms with van der Waals surface area (Å²) in [6.07, 6.45) is 0. The van der Waals surface area contributed by atoms with E-state index in [1.165, 1.54) is 16.2 Å². The van der Waals surface area contributed by atoms with E-state index in [9.17, 15) is 0 Å². The number of nitrogens with zero attached hydrogens (tertiary/aromatic N) is 3. The molecule has 11 aromatic rings. The molecule has 0 bridgehead atoms. The van der Waals surface area contributed by atoms with Crippen LogP contribution in [0.2, 0.25) is 0 Å². The molecule has 0 aliphatic carbocycles. The Morgan fingerprint density at radius 2 is 0.865 bits per heavy atom. The summed E-state index contributed by atoms with van der Waals surface area (Å²) in [6.45, 7) is 0. The second-order valence-corrected chi connectivity index (χ2v) is 13.2. The highest BCUT2D eigenvalue weighted by Gasteiger charge is 2.17. The highest BCUT2D eigenvalue weighted by molar-refractivity contribution is 6.12. The van der Waals surface area contributed by atoms with E-state index in [-0.39, 0.29) is 0 Å². The van der Waals surface area contributed by atoms with Crippen LogP contribution < -0.4 is 0 Å². The maximum Gasteiger partial charge on any atom is 0.164 e. The topological polar surface area (TPSA) is 65.0 Å². The van der Waals surface area contributed by atoms with Crippen LogP contribution in [0.4, 0.5) is 0 Å². The molecular weight excluding hydrogens is 639 g/mol. The molecule has 242 valence electrons. The first-order valence-electron chi connectivity index (χ1n) is 17.3. The van der Waals surface area contributed by atoms with E-state index in [2.05, 4.69) is 109 Å². The molecule has 3 aromatic heterocycles. The van der Waals surface area contributed by atoms with Gasteiger partial charge in [0.1, 0.15) is 22.3 Å². The first kappa shape index (κ1) is 28.7. The van der Waals surface area contributed by atoms with Crippen molar-refractivity contribution in [2.45, 2.75) is 0 Å². The van der Waals surface area contributed by atoms with Crippen LogP contribution in [-0.2, 0) is 0 Å². The highest BCUT2D eigenvalue weighted by atomic mass is 16.3. The fourth-order valence-electron chi connectivity index (χ4n) is 7.56. The molecule has 5 nitrogen and oxygen atoms in total. The molecule has 0 aliphatic rings. The molecule has 11 rings (SSSR count). The monoisotopic (exact) mass is 665 g/mol. The van der Waals surface area contributed by atoms with E-state index in [1.54, 1.807) is 0 Å². The molecule has 0 spiro atoms. The Morgan fingerprint density at radius 1 is 0.308 bits per heavy atom. The molecule has 8 aromatic carbocycles. The van der Waals surface area contributed by atoms with E-state index in [0.717, 1.165) is 77.1 Å². The van der Waals surface area contributed by atoms with Crippen molar-refractivity contribution in [2.24, 2.45) is 0 Å². The Balaban J connectivity index is 1.03. The summed E-state index contributed by atoms with van der Waals surface area (Å²) in [5, 5.41) is 9.09. The second-order valence-electron chi connectivity index (χ2n) is 13.2. The minimum atomic E-state index is 0.585. The van der Waals surface area contributed by atoms with E-state index in [1.807, 2.05) is 54.6 Å². The summed E-state index contributed by atoms with van der Waals surface area (Å²) in [5.41, 5.74) is 8.12. The van der Waals surface area contributed by atoms with Crippen LogP contribution in [0.25, 0.3) is 111 Å². The SMILES string of the molecule is c1ccc(-c2nc(-c3ccc4c(ccc5ccccc54)c3)nc(-c3ccc4c(c3)oc3cc(-c5cccc6c5oc5ccccc56)ccc34)n2)cc1. The molecule has 0 saturated heterocycles. The van der Waals surface area contributed by atoms with Crippen molar-refractivity contribution in [1.29, 1.82) is 0 Å². The lowest BCUT2D eigenvalue weighted by Gasteiger charge is -2.10. The lowest BCUT2D eigenvalue weighted by Crippen LogP contribution is -2.00. The van der Waals surface area contributed by atoms with Gasteiger partial charge >= 0.3 is 0 Å². The van der Waals surface area contributed by atoms with Crippen LogP contribution >= 0.6 is 0 Å². The number of aromatic nitrogens is 3. The Bertz CT molecular complexity index is 3190. The first-order chi connectivity index (χ1) is 25.7. The standard InChI is InChI=1S/C47H27N3O2/c1-2-10-29(11-3-1)45-48-46(32-20-22-35-30(25-32)18-17-28-9-4-5-12-34(28)35)50-47(49-45)33-21-24-39-38-23-19-31(26-42(38)51-43(39)27-33)36-14-8-15-40-37-13-6-7-16-41(37)52-44(36)40/h1-27H. The van der Waals surface area contributed by atoms with Gasteiger partial charge in [-0.2, -0.15) is 0 Å². The predicted molar refractivity (Wildman–Crippen MR) is 211 cm³/mol. The summed E-state index contributed by atoms with van der Waals surface area (Å²) in [6, 6.07) is 56.4. The Labute approximate surface area is 297 Å². The number of hydrogen-bond donors (Lipinski definition) is 0. The van der Waals surface area contributed by atoms with Crippen LogP contribution in [0.3, 0.4) is 0 Å². The summed E-state index contributed by atoms with van der Waals surface area (Å²) >= 11 is 0. The Morgan fingerprint density at radius 3 is 1.67 bits per heavy atom. The molecule has 0 amide bonds. The number of para-hydroxylation sites is 2. The van der Waals surface area contributed by atoms with Gasteiger partial charge in [-0.15, -0.1) is 0 Å². The molecule has 0 atom stereocenters. The molecule has 52 heavy (non-hydrogen) atoms. The normalized spacial score (nSPS) is 11.8. The summed E-state index contributed by atoms with van der Waals surface area (Å²) in [7, 11) is 0. The molecule has 5 heteroatoms. The van der Waals surface area contributed by atoms with Crippen molar-refractivity contribution in [3.05, 3.63) is 164 Å². The predicted octanol–water partition coefficient (Wildman–Crippen LogP) is 12.6. The number of furan rings is 2. The number of rotatable bonds is 4. The first-order valence-corrected chi connectivity index (χ1v) is 17.3. The van der Waals surface area contributed by atoms with Gasteiger partial charge in [-0.3, -0.25) is 0 Å². The highest BCUT2D eigenvalue weighted by Crippen LogP contribution is 2.39. The largest absolute Gasteiger partial charge is 0.456 e. The van der Waals surface area contributed by atoms with Gasteiger partial charge < -0.3 is 8.83 Å². The van der Waals surface area contributed by atoms with Gasteiger partial charge in [-0.25, -0.2) is 15.0 Å². The van der Waals surface area contributed by atoms with Crippen LogP contribution in [0.1, 0.15) is 0 Å². The third kappa shape index (κ3) is 4.53. The van der Waals surface area contributed by atoms with Crippen molar-refractivity contribution in [2.75, 3.05) is 0 Å². The average molecular weight is 666 g/mol. The van der Waals surface area contributed by atoms with Crippen LogP contribution in [0.15, 0.2) is 173 Å². The van der Waals surface area contributed by atoms with Crippen molar-refractivity contribution < 1.29 is 8.83 Å². The zero-order valence-electron chi connectivity index (χ0n) is 27.7. The third-order valence-electron chi connectivity index (χ3n) is 10.1. The second kappa shape index (κ2) is 11.2. The molecule has 0 aliphatic heterocycles. The summed E-state index contributed by atoms with van der Waals surface area (Å²) in [5.74, 6) is 1.82. The Kier molecular flexibility index (Phi) is 6.18. The summed E-state index contributed by atoms with van der Waals surface area (Å²) in [4.78, 5) is 15.0. The van der Waals surface area contributed by atoms with Gasteiger partial charge in [0, 0.05) is 43.8 Å². The maximum atomic E-state index is 6.56. The third-order valence-corrected chi connectivity index (χ3v) is 10.1. The average Bonchev–Trinajstić information content (AvgIpc) is 3.78. The minimum absolute atomic E-state index is 0.585. The van der Waals surface area contributed by atoms with Crippen molar-refractivity contribution in [3.63, 3.8) is 0 Å². The van der Waals surface area contributed by atoms with E-state index < -0.39 is 0 Å². The molecule has 0 fully saturated rings. The smallest absolute Gasteiger partial charge is 0.164 e. The van der Waals surface area contributed by atoms with Gasteiger partial charge in [0.2, 0.25) is 0 Å². The van der Waals surface area contributed by atoms with Crippen LogP contribution in [-0.4, -0.2) is 15.0 Å². The van der Waals surface area contributed by atoms with Gasteiger partial charge in [0.15, 0.2) is 17.5 Å². The number of hydrogen-bond acceptors (Lipinski definition) is 5. The van der Waals surface area contributed by atoms with Gasteiger partial charge in [-0.05, 0) is 63.5 Å². The minimum Gasteiger partial charge on any atom is -0.456 e. The maximum absolute atomic E-state index is 6.56. The fraction of sp³-hybridized carbons (Fsp3) is 0. The zero-order valence-corrected chi connectivity index (χ0v) is 27.7. The molecule has 0 N–H and O–H groups in total. The molecule has 3 heterocycles. The molecule has 0 unspecified atom stereocenters. The van der Waals surface area contributed by atoms with Crippen molar-refractivity contribution in [1.82, 2.24) is 15.0 Å². The lowest BCUT2D eigenvalue weighted by atomic mass is 10.00. The van der Waals surface area contributed by atoms with Crippen molar-refractivity contribution in [3.8, 4) is 45.3 Å². The van der Waals surface area contributed by atoms with Crippen molar-refractivity contribution >= 4 is 65.4 Å². The van der Waals surface area contributed by atoms with Crippen LogP contribution in [0, 0.1) is 0 Å². The molecular formula is C47H27N3O2. The number of fused-ring (bicyclic) bond motifs is 9. The van der Waals surface area contributed by atoms with E-state index >= 15 is 0 Å². The zero-order chi connectivity index (χ0) is 34.2. The van der Waals surface area contributed by atoms with Gasteiger partial charge in [0.25, 0.3) is 0 Å².